The van der Waals surface area contributed by atoms with Gasteiger partial charge in [-0.15, -0.1) is 0 Å². The minimum absolute atomic E-state index is 0.0926. The summed E-state index contributed by atoms with van der Waals surface area (Å²) >= 11 is 0. The van der Waals surface area contributed by atoms with E-state index >= 15 is 0 Å². The van der Waals surface area contributed by atoms with Gasteiger partial charge in [0.25, 0.3) is 0 Å². The van der Waals surface area contributed by atoms with Crippen LogP contribution in [-0.4, -0.2) is 36.1 Å². The summed E-state index contributed by atoms with van der Waals surface area (Å²) in [5, 5.41) is 6.42. The zero-order valence-electron chi connectivity index (χ0n) is 21.2. The molecule has 0 bridgehead atoms. The number of carbonyl (C=O) groups is 1. The minimum atomic E-state index is -0.0926. The van der Waals surface area contributed by atoms with E-state index in [4.69, 9.17) is 4.74 Å². The molecule has 0 aliphatic heterocycles. The molecule has 2 aromatic carbocycles. The zero-order chi connectivity index (χ0) is 24.9. The number of carbonyl (C=O) groups excluding carboxylic acids is 1. The Morgan fingerprint density at radius 3 is 2.40 bits per heavy atom. The van der Waals surface area contributed by atoms with Crippen LogP contribution in [0.2, 0.25) is 0 Å². The lowest BCUT2D eigenvalue weighted by atomic mass is 10.0. The van der Waals surface area contributed by atoms with Crippen LogP contribution in [-0.2, 0) is 6.54 Å². The average molecular weight is 475 g/mol. The van der Waals surface area contributed by atoms with Gasteiger partial charge in [0.05, 0.1) is 13.7 Å². The fourth-order valence-corrected chi connectivity index (χ4v) is 3.91. The summed E-state index contributed by atoms with van der Waals surface area (Å²) in [6, 6.07) is 21.8. The first-order chi connectivity index (χ1) is 17.1. The molecule has 3 rings (SSSR count). The van der Waals surface area contributed by atoms with Crippen molar-refractivity contribution in [2.45, 2.75) is 52.0 Å². The van der Waals surface area contributed by atoms with Gasteiger partial charge in [0, 0.05) is 30.5 Å². The number of urea groups is 1. The van der Waals surface area contributed by atoms with Crippen LogP contribution in [0.5, 0.6) is 5.75 Å². The average Bonchev–Trinajstić information content (AvgIpc) is 2.88. The van der Waals surface area contributed by atoms with Gasteiger partial charge in [0.1, 0.15) is 11.6 Å². The fraction of sp³-hybridized carbons (Fsp3) is 0.379. The van der Waals surface area contributed by atoms with Crippen LogP contribution >= 0.6 is 0 Å². The maximum atomic E-state index is 13.2. The van der Waals surface area contributed by atoms with Crippen molar-refractivity contribution in [3.63, 3.8) is 0 Å². The summed E-state index contributed by atoms with van der Waals surface area (Å²) < 4.78 is 5.52. The van der Waals surface area contributed by atoms with E-state index in [1.807, 2.05) is 59.5 Å². The van der Waals surface area contributed by atoms with Gasteiger partial charge in [-0.05, 0) is 54.7 Å². The molecule has 0 aliphatic rings. The number of ether oxygens (including phenoxy) is 1. The zero-order valence-corrected chi connectivity index (χ0v) is 21.2. The molecule has 6 heteroatoms. The molecule has 0 atom stereocenters. The molecule has 2 amide bonds. The second-order valence-corrected chi connectivity index (χ2v) is 9.00. The normalized spacial score (nSPS) is 10.7. The molecular weight excluding hydrogens is 436 g/mol. The summed E-state index contributed by atoms with van der Waals surface area (Å²) in [4.78, 5) is 19.4. The topological polar surface area (TPSA) is 66.5 Å². The molecule has 3 aromatic rings. The van der Waals surface area contributed by atoms with Crippen molar-refractivity contribution < 1.29 is 9.53 Å². The number of nitrogens with zero attached hydrogens (tertiary/aromatic N) is 2. The number of rotatable bonds is 13. The van der Waals surface area contributed by atoms with Crippen LogP contribution in [0.3, 0.4) is 0 Å². The maximum Gasteiger partial charge on any atom is 0.322 e. The van der Waals surface area contributed by atoms with Crippen molar-refractivity contribution in [2.24, 2.45) is 0 Å². The van der Waals surface area contributed by atoms with E-state index in [1.165, 1.54) is 5.56 Å². The molecular formula is C29H38N4O2. The van der Waals surface area contributed by atoms with Crippen molar-refractivity contribution in [3.05, 3.63) is 84.1 Å². The molecule has 0 aliphatic carbocycles. The second kappa shape index (κ2) is 14.0. The van der Waals surface area contributed by atoms with Crippen LogP contribution in [0, 0.1) is 0 Å². The Kier molecular flexibility index (Phi) is 10.4. The van der Waals surface area contributed by atoms with Crippen molar-refractivity contribution >= 4 is 17.5 Å². The first-order valence-electron chi connectivity index (χ1n) is 12.5. The highest BCUT2D eigenvalue weighted by Crippen LogP contribution is 2.21. The molecule has 0 spiro atoms. The number of unbranched alkanes of at least 4 members (excludes halogenated alkanes) is 3. The number of hydrogen-bond acceptors (Lipinski definition) is 4. The lowest BCUT2D eigenvalue weighted by Gasteiger charge is -2.24. The van der Waals surface area contributed by atoms with E-state index in [0.29, 0.717) is 19.0 Å². The summed E-state index contributed by atoms with van der Waals surface area (Å²) in [6.45, 7) is 6.41. The summed E-state index contributed by atoms with van der Waals surface area (Å²) in [6.07, 6.45) is 5.96. The molecule has 1 heterocycles. The van der Waals surface area contributed by atoms with E-state index < -0.39 is 0 Å². The predicted octanol–water partition coefficient (Wildman–Crippen LogP) is 6.92. The first-order valence-corrected chi connectivity index (χ1v) is 12.5. The minimum Gasteiger partial charge on any atom is -0.496 e. The van der Waals surface area contributed by atoms with E-state index in [2.05, 4.69) is 41.6 Å². The van der Waals surface area contributed by atoms with E-state index in [0.717, 1.165) is 55.0 Å². The highest BCUT2D eigenvalue weighted by atomic mass is 16.5. The lowest BCUT2D eigenvalue weighted by Crippen LogP contribution is -2.35. The largest absolute Gasteiger partial charge is 0.496 e. The number of aromatic nitrogens is 1. The van der Waals surface area contributed by atoms with E-state index in [9.17, 15) is 4.79 Å². The molecule has 0 radical (unpaired) electrons. The third-order valence-corrected chi connectivity index (χ3v) is 6.00. The molecule has 186 valence electrons. The van der Waals surface area contributed by atoms with Crippen LogP contribution in [0.15, 0.2) is 72.9 Å². The molecule has 0 saturated heterocycles. The molecule has 0 fully saturated rings. The van der Waals surface area contributed by atoms with Gasteiger partial charge in [-0.1, -0.05) is 63.1 Å². The van der Waals surface area contributed by atoms with Gasteiger partial charge in [-0.3, -0.25) is 0 Å². The standard InChI is InChI=1S/C29H38N4O2/c1-23(2)24-15-17-26(18-16-24)32-29(34)33(22-25-12-6-7-13-27(25)35-3)21-11-5-4-9-19-30-28-14-8-10-20-31-28/h6-8,10,12-18,20,23H,4-5,9,11,19,21-22H2,1-3H3,(H,30,31)(H,32,34). The van der Waals surface area contributed by atoms with Gasteiger partial charge in [0.15, 0.2) is 0 Å². The van der Waals surface area contributed by atoms with Gasteiger partial charge < -0.3 is 20.3 Å². The number of amides is 2. The number of benzene rings is 2. The van der Waals surface area contributed by atoms with Gasteiger partial charge in [-0.25, -0.2) is 9.78 Å². The number of nitrogens with one attached hydrogen (secondary N) is 2. The molecule has 35 heavy (non-hydrogen) atoms. The lowest BCUT2D eigenvalue weighted by molar-refractivity contribution is 0.207. The van der Waals surface area contributed by atoms with Crippen LogP contribution < -0.4 is 15.4 Å². The van der Waals surface area contributed by atoms with Crippen LogP contribution in [0.4, 0.5) is 16.3 Å². The Morgan fingerprint density at radius 1 is 0.943 bits per heavy atom. The fourth-order valence-electron chi connectivity index (χ4n) is 3.91. The summed E-state index contributed by atoms with van der Waals surface area (Å²) in [5.74, 6) is 2.17. The molecule has 2 N–H and O–H groups in total. The van der Waals surface area contributed by atoms with Crippen molar-refractivity contribution in [1.82, 2.24) is 9.88 Å². The second-order valence-electron chi connectivity index (χ2n) is 9.00. The summed E-state index contributed by atoms with van der Waals surface area (Å²) in [7, 11) is 1.67. The smallest absolute Gasteiger partial charge is 0.322 e. The Bertz CT molecular complexity index is 1020. The predicted molar refractivity (Wildman–Crippen MR) is 144 cm³/mol. The Labute approximate surface area is 209 Å². The molecule has 0 saturated carbocycles. The highest BCUT2D eigenvalue weighted by Gasteiger charge is 2.16. The highest BCUT2D eigenvalue weighted by molar-refractivity contribution is 5.89. The SMILES string of the molecule is COc1ccccc1CN(CCCCCCNc1ccccn1)C(=O)Nc1ccc(C(C)C)cc1. The monoisotopic (exact) mass is 474 g/mol. The van der Waals surface area contributed by atoms with Crippen LogP contribution in [0.1, 0.15) is 56.6 Å². The Morgan fingerprint density at radius 2 is 1.69 bits per heavy atom. The van der Waals surface area contributed by atoms with E-state index in [-0.39, 0.29) is 6.03 Å². The van der Waals surface area contributed by atoms with Crippen molar-refractivity contribution in [3.8, 4) is 5.75 Å². The first kappa shape index (κ1) is 26.1. The molecule has 1 aromatic heterocycles. The van der Waals surface area contributed by atoms with Gasteiger partial charge in [-0.2, -0.15) is 0 Å². The number of para-hydroxylation sites is 1. The third kappa shape index (κ3) is 8.63. The quantitative estimate of drug-likeness (QED) is 0.264. The summed E-state index contributed by atoms with van der Waals surface area (Å²) in [5.41, 5.74) is 3.07. The Balaban J connectivity index is 1.53. The molecule has 6 nitrogen and oxygen atoms in total. The number of methoxy groups -OCH3 is 1. The van der Waals surface area contributed by atoms with Crippen molar-refractivity contribution in [2.75, 3.05) is 30.8 Å². The van der Waals surface area contributed by atoms with Gasteiger partial charge >= 0.3 is 6.03 Å². The Hall–Kier alpha value is -3.54. The molecule has 0 unspecified atom stereocenters. The van der Waals surface area contributed by atoms with Crippen molar-refractivity contribution in [1.29, 1.82) is 0 Å². The number of anilines is 2. The third-order valence-electron chi connectivity index (χ3n) is 6.00. The number of pyridine rings is 1. The van der Waals surface area contributed by atoms with E-state index in [1.54, 1.807) is 13.3 Å². The number of hydrogen-bond donors (Lipinski definition) is 2. The van der Waals surface area contributed by atoms with Crippen LogP contribution in [0.25, 0.3) is 0 Å². The van der Waals surface area contributed by atoms with Gasteiger partial charge in [0.2, 0.25) is 0 Å². The maximum absolute atomic E-state index is 13.2.